The van der Waals surface area contributed by atoms with Gasteiger partial charge in [0.1, 0.15) is 0 Å². The summed E-state index contributed by atoms with van der Waals surface area (Å²) in [6.07, 6.45) is -2.96. The van der Waals surface area contributed by atoms with E-state index in [0.29, 0.717) is 5.52 Å². The highest BCUT2D eigenvalue weighted by atomic mass is 79.9. The summed E-state index contributed by atoms with van der Waals surface area (Å²) < 4.78 is 38.3. The van der Waals surface area contributed by atoms with Gasteiger partial charge in [0, 0.05) is 6.20 Å². The van der Waals surface area contributed by atoms with Crippen LogP contribution in [0.1, 0.15) is 5.69 Å². The summed E-state index contributed by atoms with van der Waals surface area (Å²) in [5.74, 6) is 0. The molecule has 6 heteroatoms. The quantitative estimate of drug-likeness (QED) is 0.715. The molecule has 0 fully saturated rings. The number of alkyl halides is 3. The highest BCUT2D eigenvalue weighted by molar-refractivity contribution is 9.10. The molecule has 0 bridgehead atoms. The first kappa shape index (κ1) is 9.51. The Kier molecular flexibility index (Phi) is 2.02. The number of nitrogens with zero attached hydrogens (tertiary/aromatic N) is 2. The van der Waals surface area contributed by atoms with Crippen molar-refractivity contribution in [1.29, 1.82) is 0 Å². The van der Waals surface area contributed by atoms with Crippen LogP contribution in [0.2, 0.25) is 0 Å². The molecular weight excluding hydrogens is 261 g/mol. The molecule has 2 aromatic rings. The summed E-state index contributed by atoms with van der Waals surface area (Å²) in [5.41, 5.74) is -0.497. The Balaban J connectivity index is 2.75. The van der Waals surface area contributed by atoms with E-state index in [1.807, 2.05) is 0 Å². The maximum absolute atomic E-state index is 12.4. The van der Waals surface area contributed by atoms with E-state index in [4.69, 9.17) is 0 Å². The van der Waals surface area contributed by atoms with Crippen molar-refractivity contribution in [3.05, 3.63) is 34.6 Å². The standard InChI is InChI=1S/C8H4BrF3N2/c9-6-5-3-1-2-4-14(5)13-7(6)8(10,11)12/h1-4H. The fraction of sp³-hybridized carbons (Fsp3) is 0.125. The minimum Gasteiger partial charge on any atom is -0.239 e. The lowest BCUT2D eigenvalue weighted by molar-refractivity contribution is -0.141. The lowest BCUT2D eigenvalue weighted by atomic mass is 10.3. The number of rotatable bonds is 0. The minimum atomic E-state index is -4.43. The minimum absolute atomic E-state index is 0.0226. The van der Waals surface area contributed by atoms with Gasteiger partial charge in [0.25, 0.3) is 0 Å². The maximum atomic E-state index is 12.4. The van der Waals surface area contributed by atoms with Gasteiger partial charge in [-0.25, -0.2) is 4.52 Å². The molecule has 0 spiro atoms. The Hall–Kier alpha value is -1.04. The third kappa shape index (κ3) is 1.39. The Bertz CT molecular complexity index is 475. The highest BCUT2D eigenvalue weighted by Gasteiger charge is 2.37. The molecule has 74 valence electrons. The molecule has 0 unspecified atom stereocenters. The van der Waals surface area contributed by atoms with Crippen LogP contribution in [-0.4, -0.2) is 9.61 Å². The van der Waals surface area contributed by atoms with E-state index < -0.39 is 11.9 Å². The monoisotopic (exact) mass is 264 g/mol. The van der Waals surface area contributed by atoms with Crippen LogP contribution in [0.5, 0.6) is 0 Å². The molecule has 2 aromatic heterocycles. The Labute approximate surface area is 85.5 Å². The zero-order valence-corrected chi connectivity index (χ0v) is 8.30. The topological polar surface area (TPSA) is 17.3 Å². The summed E-state index contributed by atoms with van der Waals surface area (Å²) >= 11 is 2.88. The first-order chi connectivity index (χ1) is 6.50. The summed E-state index contributed by atoms with van der Waals surface area (Å²) in [4.78, 5) is 0. The molecule has 0 atom stereocenters. The van der Waals surface area contributed by atoms with Crippen LogP contribution in [0.4, 0.5) is 13.2 Å². The van der Waals surface area contributed by atoms with Crippen molar-refractivity contribution in [3.63, 3.8) is 0 Å². The third-order valence-corrected chi connectivity index (χ3v) is 2.53. The number of pyridine rings is 1. The van der Waals surface area contributed by atoms with Gasteiger partial charge in [-0.15, -0.1) is 0 Å². The van der Waals surface area contributed by atoms with Crippen molar-refractivity contribution in [3.8, 4) is 0 Å². The molecule has 0 aromatic carbocycles. The molecule has 0 radical (unpaired) electrons. The van der Waals surface area contributed by atoms with E-state index in [1.54, 1.807) is 18.2 Å². The highest BCUT2D eigenvalue weighted by Crippen LogP contribution is 2.35. The molecular formula is C8H4BrF3N2. The van der Waals surface area contributed by atoms with Gasteiger partial charge < -0.3 is 0 Å². The van der Waals surface area contributed by atoms with Gasteiger partial charge in [0.2, 0.25) is 0 Å². The predicted molar refractivity (Wildman–Crippen MR) is 47.9 cm³/mol. The molecule has 0 N–H and O–H groups in total. The van der Waals surface area contributed by atoms with Crippen LogP contribution in [0.15, 0.2) is 28.9 Å². The van der Waals surface area contributed by atoms with E-state index in [2.05, 4.69) is 21.0 Å². The van der Waals surface area contributed by atoms with Gasteiger partial charge in [0.05, 0.1) is 9.99 Å². The molecule has 0 saturated carbocycles. The second kappa shape index (κ2) is 2.98. The second-order valence-corrected chi connectivity index (χ2v) is 3.48. The van der Waals surface area contributed by atoms with Crippen molar-refractivity contribution >= 4 is 21.4 Å². The summed E-state index contributed by atoms with van der Waals surface area (Å²) in [6.45, 7) is 0. The largest absolute Gasteiger partial charge is 0.436 e. The SMILES string of the molecule is FC(F)(F)c1nn2ccccc2c1Br. The molecule has 0 aliphatic heterocycles. The number of fused-ring (bicyclic) bond motifs is 1. The molecule has 2 rings (SSSR count). The van der Waals surface area contributed by atoms with Crippen molar-refractivity contribution < 1.29 is 13.2 Å². The lowest BCUT2D eigenvalue weighted by Crippen LogP contribution is -2.06. The van der Waals surface area contributed by atoms with E-state index in [-0.39, 0.29) is 4.47 Å². The maximum Gasteiger partial charge on any atom is 0.436 e. The van der Waals surface area contributed by atoms with Crippen LogP contribution >= 0.6 is 15.9 Å². The molecule has 0 aliphatic rings. The number of aromatic nitrogens is 2. The predicted octanol–water partition coefficient (Wildman–Crippen LogP) is 3.12. The van der Waals surface area contributed by atoms with Gasteiger partial charge in [-0.3, -0.25) is 0 Å². The molecule has 0 aliphatic carbocycles. The molecule has 0 amide bonds. The smallest absolute Gasteiger partial charge is 0.239 e. The summed E-state index contributed by atoms with van der Waals surface area (Å²) in [7, 11) is 0. The number of halogens is 4. The zero-order chi connectivity index (χ0) is 10.3. The van der Waals surface area contributed by atoms with Crippen LogP contribution < -0.4 is 0 Å². The molecule has 0 saturated heterocycles. The zero-order valence-electron chi connectivity index (χ0n) is 6.72. The average Bonchev–Trinajstić information content (AvgIpc) is 2.44. The van der Waals surface area contributed by atoms with Crippen LogP contribution in [0, 0.1) is 0 Å². The van der Waals surface area contributed by atoms with Crippen molar-refractivity contribution in [2.75, 3.05) is 0 Å². The van der Waals surface area contributed by atoms with E-state index in [0.717, 1.165) is 0 Å². The molecule has 2 heterocycles. The Morgan fingerprint density at radius 2 is 2.00 bits per heavy atom. The van der Waals surface area contributed by atoms with Gasteiger partial charge in [-0.2, -0.15) is 18.3 Å². The normalized spacial score (nSPS) is 12.3. The first-order valence-corrected chi connectivity index (χ1v) is 4.49. The average molecular weight is 265 g/mol. The van der Waals surface area contributed by atoms with Crippen molar-refractivity contribution in [1.82, 2.24) is 9.61 Å². The van der Waals surface area contributed by atoms with Crippen LogP contribution in [-0.2, 0) is 6.18 Å². The third-order valence-electron chi connectivity index (χ3n) is 1.75. The summed E-state index contributed by atoms with van der Waals surface area (Å²) in [6, 6.07) is 4.83. The van der Waals surface area contributed by atoms with E-state index >= 15 is 0 Å². The lowest BCUT2D eigenvalue weighted by Gasteiger charge is -2.00. The number of hydrogen-bond acceptors (Lipinski definition) is 1. The van der Waals surface area contributed by atoms with Gasteiger partial charge in [-0.05, 0) is 28.1 Å². The van der Waals surface area contributed by atoms with Crippen molar-refractivity contribution in [2.45, 2.75) is 6.18 Å². The fourth-order valence-electron chi connectivity index (χ4n) is 1.15. The van der Waals surface area contributed by atoms with Crippen LogP contribution in [0.3, 0.4) is 0 Å². The van der Waals surface area contributed by atoms with E-state index in [9.17, 15) is 13.2 Å². The summed E-state index contributed by atoms with van der Waals surface area (Å²) in [5, 5.41) is 3.43. The van der Waals surface area contributed by atoms with E-state index in [1.165, 1.54) is 10.7 Å². The number of hydrogen-bond donors (Lipinski definition) is 0. The first-order valence-electron chi connectivity index (χ1n) is 3.70. The molecule has 2 nitrogen and oxygen atoms in total. The van der Waals surface area contributed by atoms with Gasteiger partial charge in [0.15, 0.2) is 5.69 Å². The van der Waals surface area contributed by atoms with Gasteiger partial charge >= 0.3 is 6.18 Å². The van der Waals surface area contributed by atoms with Gasteiger partial charge in [-0.1, -0.05) is 6.07 Å². The second-order valence-electron chi connectivity index (χ2n) is 2.69. The fourth-order valence-corrected chi connectivity index (χ4v) is 1.77. The van der Waals surface area contributed by atoms with Crippen molar-refractivity contribution in [2.24, 2.45) is 0 Å². The Morgan fingerprint density at radius 3 is 2.57 bits per heavy atom. The Morgan fingerprint density at radius 1 is 1.29 bits per heavy atom. The molecule has 14 heavy (non-hydrogen) atoms. The van der Waals surface area contributed by atoms with Crippen LogP contribution in [0.25, 0.3) is 5.52 Å².